The largest absolute Gasteiger partial charge is 0.364 e. The van der Waals surface area contributed by atoms with Crippen LogP contribution in [0.2, 0.25) is 5.02 Å². The van der Waals surface area contributed by atoms with Crippen LogP contribution in [0.1, 0.15) is 17.5 Å². The summed E-state index contributed by atoms with van der Waals surface area (Å²) in [5.41, 5.74) is 4.23. The molecule has 1 saturated heterocycles. The van der Waals surface area contributed by atoms with Crippen molar-refractivity contribution in [3.05, 3.63) is 58.6 Å². The highest BCUT2D eigenvalue weighted by atomic mass is 35.5. The van der Waals surface area contributed by atoms with E-state index in [0.29, 0.717) is 6.42 Å². The van der Waals surface area contributed by atoms with Crippen LogP contribution in [-0.2, 0) is 4.79 Å². The highest BCUT2D eigenvalue weighted by Crippen LogP contribution is 2.33. The maximum atomic E-state index is 12.1. The van der Waals surface area contributed by atoms with Crippen LogP contribution in [0, 0.1) is 0 Å². The van der Waals surface area contributed by atoms with Crippen LogP contribution in [0.15, 0.2) is 42.5 Å². The third-order valence-corrected chi connectivity index (χ3v) is 4.97. The van der Waals surface area contributed by atoms with E-state index in [9.17, 15) is 4.79 Å². The van der Waals surface area contributed by atoms with Gasteiger partial charge in [0.05, 0.1) is 17.4 Å². The second kappa shape index (κ2) is 6.90. The van der Waals surface area contributed by atoms with Crippen LogP contribution < -0.4 is 15.5 Å². The molecular formula is C20H20ClN3O. The molecule has 1 atom stereocenters. The molecule has 2 aromatic carbocycles. The average Bonchev–Trinajstić information content (AvgIpc) is 2.76. The number of carbonyl (C=O) groups excluding carboxylic acids is 1. The minimum atomic E-state index is 0.0851. The number of piperazine rings is 1. The Bertz CT molecular complexity index is 816. The Hall–Kier alpha value is -2.30. The van der Waals surface area contributed by atoms with Crippen LogP contribution in [0.25, 0.3) is 12.2 Å². The number of nitrogens with zero attached hydrogens (tertiary/aromatic N) is 1. The van der Waals surface area contributed by atoms with E-state index >= 15 is 0 Å². The molecule has 2 heterocycles. The Morgan fingerprint density at radius 1 is 1.08 bits per heavy atom. The fourth-order valence-electron chi connectivity index (χ4n) is 3.44. The molecule has 0 spiro atoms. The van der Waals surface area contributed by atoms with E-state index < -0.39 is 0 Å². The molecule has 1 unspecified atom stereocenters. The SMILES string of the molecule is O=C1CC2CNCCN2c2cc(/C=C/c3ccc(Cl)cc3)ccc2N1. The summed E-state index contributed by atoms with van der Waals surface area (Å²) in [7, 11) is 0. The van der Waals surface area contributed by atoms with E-state index in [0.717, 1.165) is 47.2 Å². The number of anilines is 2. The zero-order chi connectivity index (χ0) is 17.2. The molecule has 128 valence electrons. The molecule has 2 aromatic rings. The maximum absolute atomic E-state index is 12.1. The highest BCUT2D eigenvalue weighted by Gasteiger charge is 2.29. The molecule has 0 saturated carbocycles. The lowest BCUT2D eigenvalue weighted by Crippen LogP contribution is -2.51. The molecule has 2 aliphatic heterocycles. The van der Waals surface area contributed by atoms with E-state index in [2.05, 4.69) is 33.8 Å². The zero-order valence-corrected chi connectivity index (χ0v) is 14.6. The smallest absolute Gasteiger partial charge is 0.226 e. The van der Waals surface area contributed by atoms with Gasteiger partial charge in [0.15, 0.2) is 0 Å². The quantitative estimate of drug-likeness (QED) is 0.810. The molecule has 5 heteroatoms. The summed E-state index contributed by atoms with van der Waals surface area (Å²) in [6.07, 6.45) is 4.69. The van der Waals surface area contributed by atoms with Crippen LogP contribution >= 0.6 is 11.6 Å². The highest BCUT2D eigenvalue weighted by molar-refractivity contribution is 6.30. The van der Waals surface area contributed by atoms with Gasteiger partial charge in [0.1, 0.15) is 0 Å². The topological polar surface area (TPSA) is 44.4 Å². The van der Waals surface area contributed by atoms with Gasteiger partial charge in [0.25, 0.3) is 0 Å². The van der Waals surface area contributed by atoms with Gasteiger partial charge in [-0.2, -0.15) is 0 Å². The monoisotopic (exact) mass is 353 g/mol. The third-order valence-electron chi connectivity index (χ3n) is 4.71. The van der Waals surface area contributed by atoms with Crippen LogP contribution in [0.3, 0.4) is 0 Å². The molecule has 0 aliphatic carbocycles. The lowest BCUT2D eigenvalue weighted by atomic mass is 10.1. The Labute approximate surface area is 152 Å². The minimum Gasteiger partial charge on any atom is -0.364 e. The Morgan fingerprint density at radius 2 is 1.84 bits per heavy atom. The Kier molecular flexibility index (Phi) is 4.47. The number of fused-ring (bicyclic) bond motifs is 3. The molecule has 2 N–H and O–H groups in total. The van der Waals surface area contributed by atoms with Crippen molar-refractivity contribution >= 4 is 41.0 Å². The second-order valence-corrected chi connectivity index (χ2v) is 6.90. The van der Waals surface area contributed by atoms with Gasteiger partial charge in [-0.25, -0.2) is 0 Å². The number of benzene rings is 2. The van der Waals surface area contributed by atoms with Crippen molar-refractivity contribution in [1.82, 2.24) is 5.32 Å². The number of nitrogens with one attached hydrogen (secondary N) is 2. The predicted molar refractivity (Wildman–Crippen MR) is 104 cm³/mol. The fraction of sp³-hybridized carbons (Fsp3) is 0.250. The van der Waals surface area contributed by atoms with Crippen LogP contribution in [-0.4, -0.2) is 31.6 Å². The number of carbonyl (C=O) groups is 1. The summed E-state index contributed by atoms with van der Waals surface area (Å²) >= 11 is 5.93. The standard InChI is InChI=1S/C20H20ClN3O/c21-16-6-3-14(4-7-16)1-2-15-5-8-18-19(11-15)24-10-9-22-13-17(24)12-20(25)23-18/h1-8,11,17,22H,9-10,12-13H2,(H,23,25)/b2-1+. The van der Waals surface area contributed by atoms with Gasteiger partial charge in [-0.3, -0.25) is 4.79 Å². The summed E-state index contributed by atoms with van der Waals surface area (Å²) in [5.74, 6) is 0.0851. The molecule has 1 fully saturated rings. The van der Waals surface area contributed by atoms with Gasteiger partial charge in [0.2, 0.25) is 5.91 Å². The van der Waals surface area contributed by atoms with E-state index in [4.69, 9.17) is 11.6 Å². The van der Waals surface area contributed by atoms with E-state index in [1.54, 1.807) is 0 Å². The zero-order valence-electron chi connectivity index (χ0n) is 13.8. The van der Waals surface area contributed by atoms with Gasteiger partial charge >= 0.3 is 0 Å². The number of halogens is 1. The molecule has 4 nitrogen and oxygen atoms in total. The first-order chi connectivity index (χ1) is 12.2. The van der Waals surface area contributed by atoms with Crippen molar-refractivity contribution in [3.63, 3.8) is 0 Å². The van der Waals surface area contributed by atoms with Crippen molar-refractivity contribution in [2.75, 3.05) is 29.9 Å². The van der Waals surface area contributed by atoms with Gasteiger partial charge in [-0.1, -0.05) is 42.0 Å². The van der Waals surface area contributed by atoms with E-state index in [1.807, 2.05) is 36.4 Å². The van der Waals surface area contributed by atoms with Gasteiger partial charge < -0.3 is 15.5 Å². The predicted octanol–water partition coefficient (Wildman–Crippen LogP) is 3.63. The molecular weight excluding hydrogens is 334 g/mol. The van der Waals surface area contributed by atoms with Gasteiger partial charge in [-0.15, -0.1) is 0 Å². The molecule has 0 bridgehead atoms. The lowest BCUT2D eigenvalue weighted by Gasteiger charge is -2.36. The van der Waals surface area contributed by atoms with Crippen molar-refractivity contribution in [3.8, 4) is 0 Å². The summed E-state index contributed by atoms with van der Waals surface area (Å²) < 4.78 is 0. The van der Waals surface area contributed by atoms with Crippen molar-refractivity contribution in [1.29, 1.82) is 0 Å². The maximum Gasteiger partial charge on any atom is 0.226 e. The molecule has 2 aliphatic rings. The number of hydrogen-bond donors (Lipinski definition) is 2. The van der Waals surface area contributed by atoms with Crippen molar-refractivity contribution in [2.24, 2.45) is 0 Å². The van der Waals surface area contributed by atoms with E-state index in [1.165, 1.54) is 0 Å². The molecule has 1 amide bonds. The first-order valence-electron chi connectivity index (χ1n) is 8.54. The first kappa shape index (κ1) is 16.2. The fourth-order valence-corrected chi connectivity index (χ4v) is 3.56. The number of amides is 1. The summed E-state index contributed by atoms with van der Waals surface area (Å²) in [4.78, 5) is 14.5. The van der Waals surface area contributed by atoms with Gasteiger partial charge in [-0.05, 0) is 35.4 Å². The van der Waals surface area contributed by atoms with Crippen molar-refractivity contribution < 1.29 is 4.79 Å². The molecule has 25 heavy (non-hydrogen) atoms. The average molecular weight is 354 g/mol. The van der Waals surface area contributed by atoms with Crippen LogP contribution in [0.4, 0.5) is 11.4 Å². The summed E-state index contributed by atoms with van der Waals surface area (Å²) in [6, 6.07) is 14.2. The molecule has 4 rings (SSSR count). The number of rotatable bonds is 2. The third kappa shape index (κ3) is 3.55. The van der Waals surface area contributed by atoms with Crippen LogP contribution in [0.5, 0.6) is 0 Å². The first-order valence-corrected chi connectivity index (χ1v) is 8.92. The Morgan fingerprint density at radius 3 is 2.68 bits per heavy atom. The van der Waals surface area contributed by atoms with Crippen molar-refractivity contribution in [2.45, 2.75) is 12.5 Å². The van der Waals surface area contributed by atoms with E-state index in [-0.39, 0.29) is 11.9 Å². The Balaban J connectivity index is 1.65. The normalized spacial score (nSPS) is 20.0. The second-order valence-electron chi connectivity index (χ2n) is 6.47. The number of hydrogen-bond acceptors (Lipinski definition) is 3. The molecule has 0 radical (unpaired) electrons. The molecule has 0 aromatic heterocycles. The minimum absolute atomic E-state index is 0.0851. The lowest BCUT2D eigenvalue weighted by molar-refractivity contribution is -0.116. The van der Waals surface area contributed by atoms with Gasteiger partial charge in [0, 0.05) is 31.1 Å². The summed E-state index contributed by atoms with van der Waals surface area (Å²) in [6.45, 7) is 2.70. The summed E-state index contributed by atoms with van der Waals surface area (Å²) in [5, 5.41) is 7.16.